The van der Waals surface area contributed by atoms with Crippen molar-refractivity contribution in [1.29, 1.82) is 0 Å². The molecule has 0 bridgehead atoms. The van der Waals surface area contributed by atoms with E-state index in [9.17, 15) is 14.8 Å². The van der Waals surface area contributed by atoms with Crippen molar-refractivity contribution in [2.75, 3.05) is 5.88 Å². The lowest BCUT2D eigenvalue weighted by Crippen LogP contribution is -2.33. The molecule has 84 valence electrons. The number of rotatable bonds is 3. The Morgan fingerprint density at radius 2 is 1.93 bits per heavy atom. The predicted molar refractivity (Wildman–Crippen MR) is 44.5 cm³/mol. The molecule has 0 unspecified atom stereocenters. The van der Waals surface area contributed by atoms with Crippen molar-refractivity contribution in [3.8, 4) is 0 Å². The molecule has 1 aliphatic heterocycles. The van der Waals surface area contributed by atoms with Crippen molar-refractivity contribution in [1.82, 2.24) is 0 Å². The largest absolute Gasteiger partial charge is 0.472 e. The van der Waals surface area contributed by atoms with Crippen LogP contribution in [-0.4, -0.2) is 50.5 Å². The maximum absolute atomic E-state index is 10.4. The van der Waals surface area contributed by atoms with Gasteiger partial charge in [-0.3, -0.25) is 4.52 Å². The fraction of sp³-hybridized carbons (Fsp3) is 1.00. The Hall–Kier alpha value is 0.280. The fourth-order valence-corrected chi connectivity index (χ4v) is 1.76. The first-order valence-electron chi connectivity index (χ1n) is 3.66. The molecule has 1 heterocycles. The van der Waals surface area contributed by atoms with Crippen molar-refractivity contribution in [2.24, 2.45) is 0 Å². The summed E-state index contributed by atoms with van der Waals surface area (Å²) in [5, 5.41) is 18.5. The van der Waals surface area contributed by atoms with E-state index in [0.717, 1.165) is 0 Å². The minimum absolute atomic E-state index is 0.112. The van der Waals surface area contributed by atoms with Crippen LogP contribution in [0.5, 0.6) is 0 Å². The van der Waals surface area contributed by atoms with Crippen molar-refractivity contribution in [3.05, 3.63) is 0 Å². The summed E-state index contributed by atoms with van der Waals surface area (Å²) in [6, 6.07) is 0. The molecule has 1 fully saturated rings. The highest BCUT2D eigenvalue weighted by molar-refractivity contribution is 7.46. The zero-order chi connectivity index (χ0) is 10.9. The van der Waals surface area contributed by atoms with Gasteiger partial charge in [0.15, 0.2) is 6.29 Å². The zero-order valence-electron chi connectivity index (χ0n) is 6.86. The number of hydrogen-bond acceptors (Lipinski definition) is 5. The summed E-state index contributed by atoms with van der Waals surface area (Å²) in [4.78, 5) is 16.8. The van der Waals surface area contributed by atoms with Gasteiger partial charge in [-0.1, -0.05) is 0 Å². The van der Waals surface area contributed by atoms with Gasteiger partial charge in [-0.2, -0.15) is 0 Å². The van der Waals surface area contributed by atoms with E-state index in [-0.39, 0.29) is 5.88 Å². The maximum Gasteiger partial charge on any atom is 0.472 e. The average Bonchev–Trinajstić information content (AvgIpc) is 2.30. The predicted octanol–water partition coefficient (Wildman–Crippen LogP) is -1.22. The number of aliphatic hydroxyl groups excluding tert-OH is 2. The molecule has 4 N–H and O–H groups in total. The van der Waals surface area contributed by atoms with Gasteiger partial charge in [-0.15, -0.1) is 11.6 Å². The first-order valence-corrected chi connectivity index (χ1v) is 5.73. The average molecular weight is 249 g/mol. The van der Waals surface area contributed by atoms with Gasteiger partial charge < -0.3 is 24.7 Å². The van der Waals surface area contributed by atoms with Crippen LogP contribution in [-0.2, 0) is 13.8 Å². The third-order valence-electron chi connectivity index (χ3n) is 1.71. The Morgan fingerprint density at radius 1 is 1.36 bits per heavy atom. The molecule has 0 aromatic carbocycles. The van der Waals surface area contributed by atoms with Gasteiger partial charge in [0.1, 0.15) is 18.3 Å². The number of halogens is 1. The smallest absolute Gasteiger partial charge is 0.387 e. The highest BCUT2D eigenvalue weighted by atomic mass is 35.5. The highest BCUT2D eigenvalue weighted by Gasteiger charge is 2.45. The van der Waals surface area contributed by atoms with Crippen LogP contribution >= 0.6 is 19.4 Å². The summed E-state index contributed by atoms with van der Waals surface area (Å²) in [6.45, 7) is 0. The molecular formula is C5H10ClO7P. The molecule has 0 saturated carbocycles. The maximum atomic E-state index is 10.4. The lowest BCUT2D eigenvalue weighted by Gasteiger charge is -2.15. The van der Waals surface area contributed by atoms with Crippen LogP contribution in [0.2, 0.25) is 0 Å². The van der Waals surface area contributed by atoms with Crippen molar-refractivity contribution >= 4 is 19.4 Å². The standard InChI is InChI=1S/C5H10ClO7P/c6-1-2-3(7)4(8)5(12-2)13-14(9,10)11/h2-5,7-8H,1H2,(H2,9,10,11)/t2-,3-,4-,5+/m1/s1. The van der Waals surface area contributed by atoms with E-state index >= 15 is 0 Å². The third kappa shape index (κ3) is 2.88. The van der Waals surface area contributed by atoms with Crippen LogP contribution in [0, 0.1) is 0 Å². The second kappa shape index (κ2) is 4.42. The van der Waals surface area contributed by atoms with E-state index in [4.69, 9.17) is 26.1 Å². The van der Waals surface area contributed by atoms with E-state index in [0.29, 0.717) is 0 Å². The second-order valence-electron chi connectivity index (χ2n) is 2.77. The minimum Gasteiger partial charge on any atom is -0.387 e. The van der Waals surface area contributed by atoms with Crippen molar-refractivity contribution in [3.63, 3.8) is 0 Å². The summed E-state index contributed by atoms with van der Waals surface area (Å²) >= 11 is 5.36. The van der Waals surface area contributed by atoms with Gasteiger partial charge in [-0.05, 0) is 0 Å². The van der Waals surface area contributed by atoms with Gasteiger partial charge >= 0.3 is 7.82 Å². The van der Waals surface area contributed by atoms with Gasteiger partial charge in [0, 0.05) is 0 Å². The molecule has 0 aromatic rings. The first-order chi connectivity index (χ1) is 6.35. The summed E-state index contributed by atoms with van der Waals surface area (Å²) in [5.41, 5.74) is 0. The third-order valence-corrected chi connectivity index (χ3v) is 2.50. The number of ether oxygens (including phenoxy) is 1. The number of phosphoric ester groups is 1. The summed E-state index contributed by atoms with van der Waals surface area (Å²) < 4.78 is 19.3. The highest BCUT2D eigenvalue weighted by Crippen LogP contribution is 2.41. The van der Waals surface area contributed by atoms with Crippen LogP contribution in [0.1, 0.15) is 0 Å². The Kier molecular flexibility index (Phi) is 3.90. The number of hydrogen-bond donors (Lipinski definition) is 4. The first kappa shape index (κ1) is 12.4. The number of phosphoric acid groups is 1. The fourth-order valence-electron chi connectivity index (χ4n) is 1.06. The lowest BCUT2D eigenvalue weighted by molar-refractivity contribution is -0.116. The SMILES string of the molecule is O=P(O)(O)O[C@@H]1O[C@H](CCl)[C@@H](O)[C@H]1O. The Morgan fingerprint density at radius 3 is 2.29 bits per heavy atom. The molecule has 0 radical (unpaired) electrons. The van der Waals surface area contributed by atoms with Crippen LogP contribution in [0.4, 0.5) is 0 Å². The van der Waals surface area contributed by atoms with Gasteiger partial charge in [0.2, 0.25) is 0 Å². The molecule has 14 heavy (non-hydrogen) atoms. The molecular weight excluding hydrogens is 238 g/mol. The van der Waals surface area contributed by atoms with Gasteiger partial charge in [0.05, 0.1) is 5.88 Å². The summed E-state index contributed by atoms with van der Waals surface area (Å²) in [6.07, 6.45) is -5.30. The molecule has 1 aliphatic rings. The molecule has 0 spiro atoms. The van der Waals surface area contributed by atoms with E-state index < -0.39 is 32.4 Å². The molecule has 0 aliphatic carbocycles. The molecule has 1 rings (SSSR count). The summed E-state index contributed by atoms with van der Waals surface area (Å²) in [5.74, 6) is -0.112. The second-order valence-corrected chi connectivity index (χ2v) is 4.27. The monoisotopic (exact) mass is 248 g/mol. The Labute approximate surface area is 84.5 Å². The van der Waals surface area contributed by atoms with Gasteiger partial charge in [-0.25, -0.2) is 4.57 Å². The van der Waals surface area contributed by atoms with E-state index in [2.05, 4.69) is 4.52 Å². The van der Waals surface area contributed by atoms with Crippen LogP contribution < -0.4 is 0 Å². The van der Waals surface area contributed by atoms with Crippen LogP contribution in [0.3, 0.4) is 0 Å². The molecule has 0 amide bonds. The van der Waals surface area contributed by atoms with Crippen LogP contribution in [0.25, 0.3) is 0 Å². The van der Waals surface area contributed by atoms with Crippen molar-refractivity contribution < 1.29 is 33.8 Å². The van der Waals surface area contributed by atoms with Crippen LogP contribution in [0.15, 0.2) is 0 Å². The van der Waals surface area contributed by atoms with E-state index in [1.54, 1.807) is 0 Å². The Balaban J connectivity index is 2.61. The quantitative estimate of drug-likeness (QED) is 0.365. The van der Waals surface area contributed by atoms with Gasteiger partial charge in [0.25, 0.3) is 0 Å². The number of aliphatic hydroxyl groups is 2. The number of alkyl halides is 1. The lowest BCUT2D eigenvalue weighted by atomic mass is 10.2. The molecule has 1 saturated heterocycles. The normalized spacial score (nSPS) is 38.9. The Bertz CT molecular complexity index is 242. The van der Waals surface area contributed by atoms with E-state index in [1.165, 1.54) is 0 Å². The summed E-state index contributed by atoms with van der Waals surface area (Å²) in [7, 11) is -4.75. The topological polar surface area (TPSA) is 116 Å². The molecule has 9 heteroatoms. The van der Waals surface area contributed by atoms with Crippen molar-refractivity contribution in [2.45, 2.75) is 24.6 Å². The molecule has 7 nitrogen and oxygen atoms in total. The zero-order valence-corrected chi connectivity index (χ0v) is 8.51. The molecule has 4 atom stereocenters. The van der Waals surface area contributed by atoms with E-state index in [1.807, 2.05) is 0 Å². The minimum atomic E-state index is -4.75. The molecule has 0 aromatic heterocycles.